The summed E-state index contributed by atoms with van der Waals surface area (Å²) in [7, 11) is -3.90. The van der Waals surface area contributed by atoms with Crippen molar-refractivity contribution in [3.8, 4) is 17.1 Å². The molecule has 0 fully saturated rings. The lowest BCUT2D eigenvalue weighted by molar-refractivity contribution is 0.486. The van der Waals surface area contributed by atoms with Crippen LogP contribution in [0.2, 0.25) is 0 Å². The summed E-state index contributed by atoms with van der Waals surface area (Å²) < 4.78 is 30.3. The molecule has 0 radical (unpaired) electrons. The van der Waals surface area contributed by atoms with E-state index in [0.717, 1.165) is 17.0 Å². The Morgan fingerprint density at radius 3 is 2.55 bits per heavy atom. The average molecular weight is 424 g/mol. The Labute approximate surface area is 173 Å². The van der Waals surface area contributed by atoms with Gasteiger partial charge in [0.25, 0.3) is 0 Å². The molecule has 6 nitrogen and oxygen atoms in total. The van der Waals surface area contributed by atoms with Crippen molar-refractivity contribution in [1.29, 1.82) is 0 Å². The van der Waals surface area contributed by atoms with Crippen LogP contribution in [0.25, 0.3) is 11.4 Å². The molecule has 146 valence electrons. The molecule has 0 aliphatic carbocycles. The van der Waals surface area contributed by atoms with E-state index in [9.17, 15) is 8.42 Å². The zero-order chi connectivity index (χ0) is 20.3. The Morgan fingerprint density at radius 1 is 0.966 bits per heavy atom. The number of hydrogen-bond donors (Lipinski definition) is 1. The molecule has 2 aromatic carbocycles. The van der Waals surface area contributed by atoms with Crippen LogP contribution < -0.4 is 9.50 Å². The Kier molecular flexibility index (Phi) is 5.28. The minimum Gasteiger partial charge on any atom is -0.379 e. The number of nitrogens with one attached hydrogen (secondary N) is 1. The van der Waals surface area contributed by atoms with Gasteiger partial charge in [0.05, 0.1) is 5.69 Å². The number of aromatic nitrogens is 2. The first-order valence-electron chi connectivity index (χ1n) is 8.75. The minimum absolute atomic E-state index is 0.112. The summed E-state index contributed by atoms with van der Waals surface area (Å²) >= 11 is 1.44. The van der Waals surface area contributed by atoms with Crippen LogP contribution in [0.15, 0.2) is 83.2 Å². The van der Waals surface area contributed by atoms with Gasteiger partial charge in [0.2, 0.25) is 0 Å². The fraction of sp³-hybridized carbons (Fsp3) is 0.0476. The van der Waals surface area contributed by atoms with Crippen LogP contribution in [0.4, 0.5) is 10.8 Å². The monoisotopic (exact) mass is 423 g/mol. The van der Waals surface area contributed by atoms with Crippen molar-refractivity contribution < 1.29 is 12.6 Å². The zero-order valence-electron chi connectivity index (χ0n) is 15.4. The van der Waals surface area contributed by atoms with Gasteiger partial charge in [0, 0.05) is 23.3 Å². The van der Waals surface area contributed by atoms with E-state index in [4.69, 9.17) is 4.18 Å². The number of rotatable bonds is 6. The predicted octanol–water partition coefficient (Wildman–Crippen LogP) is 5.02. The second-order valence-corrected chi connectivity index (χ2v) is 8.66. The Hall–Kier alpha value is -3.23. The highest BCUT2D eigenvalue weighted by Crippen LogP contribution is 2.28. The van der Waals surface area contributed by atoms with Gasteiger partial charge in [-0.25, -0.2) is 4.98 Å². The van der Waals surface area contributed by atoms with Crippen molar-refractivity contribution in [2.24, 2.45) is 0 Å². The summed E-state index contributed by atoms with van der Waals surface area (Å²) in [6, 6.07) is 18.9. The predicted molar refractivity (Wildman–Crippen MR) is 114 cm³/mol. The standard InChI is InChI=1S/C21H17N3O3S2/c1-15-8-10-18(11-9-15)29(25,26)27-17-6-4-5-16(13-17)23-21-24-20(14-28-21)19-7-2-3-12-22-19/h2-14H,1H3,(H,23,24). The topological polar surface area (TPSA) is 81.2 Å². The van der Waals surface area contributed by atoms with E-state index in [1.807, 2.05) is 36.6 Å². The second-order valence-electron chi connectivity index (χ2n) is 6.26. The molecule has 1 N–H and O–H groups in total. The number of pyridine rings is 1. The average Bonchev–Trinajstić information content (AvgIpc) is 3.17. The molecule has 0 bridgehead atoms. The number of hydrogen-bond acceptors (Lipinski definition) is 7. The Balaban J connectivity index is 1.51. The van der Waals surface area contributed by atoms with Crippen LogP contribution in [0.3, 0.4) is 0 Å². The zero-order valence-corrected chi connectivity index (χ0v) is 17.1. The largest absolute Gasteiger partial charge is 0.379 e. The van der Waals surface area contributed by atoms with E-state index in [0.29, 0.717) is 10.8 Å². The lowest BCUT2D eigenvalue weighted by Gasteiger charge is -2.09. The summed E-state index contributed by atoms with van der Waals surface area (Å²) in [5, 5.41) is 5.75. The molecule has 8 heteroatoms. The minimum atomic E-state index is -3.90. The van der Waals surface area contributed by atoms with Crippen LogP contribution in [0, 0.1) is 6.92 Å². The smallest absolute Gasteiger partial charge is 0.339 e. The summed E-state index contributed by atoms with van der Waals surface area (Å²) in [6.07, 6.45) is 1.72. The van der Waals surface area contributed by atoms with Gasteiger partial charge in [0.15, 0.2) is 5.13 Å². The van der Waals surface area contributed by atoms with Crippen LogP contribution >= 0.6 is 11.3 Å². The summed E-state index contributed by atoms with van der Waals surface area (Å²) in [4.78, 5) is 8.92. The molecule has 29 heavy (non-hydrogen) atoms. The molecule has 4 aromatic rings. The molecule has 2 aromatic heterocycles. The molecule has 2 heterocycles. The molecule has 0 amide bonds. The molecule has 0 spiro atoms. The van der Waals surface area contributed by atoms with Crippen molar-refractivity contribution in [2.75, 3.05) is 5.32 Å². The van der Waals surface area contributed by atoms with Gasteiger partial charge in [0.1, 0.15) is 16.3 Å². The number of aryl methyl sites for hydroxylation is 1. The molecule has 0 atom stereocenters. The molecule has 0 saturated heterocycles. The maximum atomic E-state index is 12.5. The van der Waals surface area contributed by atoms with Crippen molar-refractivity contribution >= 4 is 32.3 Å². The van der Waals surface area contributed by atoms with E-state index in [1.165, 1.54) is 23.5 Å². The highest BCUT2D eigenvalue weighted by Gasteiger charge is 2.16. The van der Waals surface area contributed by atoms with Crippen molar-refractivity contribution in [3.05, 3.63) is 83.9 Å². The van der Waals surface area contributed by atoms with E-state index in [-0.39, 0.29) is 10.6 Å². The first-order valence-corrected chi connectivity index (χ1v) is 11.0. The van der Waals surface area contributed by atoms with Gasteiger partial charge in [-0.1, -0.05) is 29.8 Å². The fourth-order valence-corrected chi connectivity index (χ4v) is 4.24. The summed E-state index contributed by atoms with van der Waals surface area (Å²) in [5.74, 6) is 0.220. The van der Waals surface area contributed by atoms with E-state index < -0.39 is 10.1 Å². The first-order chi connectivity index (χ1) is 14.0. The molecule has 0 aliphatic rings. The van der Waals surface area contributed by atoms with Crippen LogP contribution in [0.1, 0.15) is 5.56 Å². The highest BCUT2D eigenvalue weighted by atomic mass is 32.2. The quantitative estimate of drug-likeness (QED) is 0.438. The van der Waals surface area contributed by atoms with Crippen LogP contribution in [0.5, 0.6) is 5.75 Å². The maximum Gasteiger partial charge on any atom is 0.339 e. The van der Waals surface area contributed by atoms with Crippen LogP contribution in [-0.4, -0.2) is 18.4 Å². The number of thiazole rings is 1. The third-order valence-electron chi connectivity index (χ3n) is 4.03. The van der Waals surface area contributed by atoms with Gasteiger partial charge in [-0.05, 0) is 43.3 Å². The van der Waals surface area contributed by atoms with Gasteiger partial charge < -0.3 is 9.50 Å². The molecular formula is C21H17N3O3S2. The molecule has 0 saturated carbocycles. The summed E-state index contributed by atoms with van der Waals surface area (Å²) in [5.41, 5.74) is 3.21. The van der Waals surface area contributed by atoms with E-state index in [2.05, 4.69) is 15.3 Å². The van der Waals surface area contributed by atoms with E-state index >= 15 is 0 Å². The third-order valence-corrected chi connectivity index (χ3v) is 6.05. The summed E-state index contributed by atoms with van der Waals surface area (Å²) in [6.45, 7) is 1.89. The number of nitrogens with zero attached hydrogens (tertiary/aromatic N) is 2. The number of anilines is 2. The van der Waals surface area contributed by atoms with Crippen molar-refractivity contribution in [2.45, 2.75) is 11.8 Å². The third kappa shape index (κ3) is 4.61. The fourth-order valence-electron chi connectivity index (χ4n) is 2.59. The molecule has 4 rings (SSSR count). The van der Waals surface area contributed by atoms with Gasteiger partial charge >= 0.3 is 10.1 Å². The molecule has 0 aliphatic heterocycles. The van der Waals surface area contributed by atoms with E-state index in [1.54, 1.807) is 36.5 Å². The highest BCUT2D eigenvalue weighted by molar-refractivity contribution is 7.87. The van der Waals surface area contributed by atoms with Crippen molar-refractivity contribution in [3.63, 3.8) is 0 Å². The van der Waals surface area contributed by atoms with Gasteiger partial charge in [-0.2, -0.15) is 8.42 Å². The van der Waals surface area contributed by atoms with Gasteiger partial charge in [-0.15, -0.1) is 11.3 Å². The normalized spacial score (nSPS) is 11.2. The SMILES string of the molecule is Cc1ccc(S(=O)(=O)Oc2cccc(Nc3nc(-c4ccccn4)cs3)c2)cc1. The number of benzene rings is 2. The lowest BCUT2D eigenvalue weighted by atomic mass is 10.2. The van der Waals surface area contributed by atoms with Crippen LogP contribution in [-0.2, 0) is 10.1 Å². The molecule has 0 unspecified atom stereocenters. The second kappa shape index (κ2) is 8.02. The lowest BCUT2D eigenvalue weighted by Crippen LogP contribution is -2.09. The first kappa shape index (κ1) is 19.1. The Bertz CT molecular complexity index is 1220. The van der Waals surface area contributed by atoms with Gasteiger partial charge in [-0.3, -0.25) is 4.98 Å². The Morgan fingerprint density at radius 2 is 1.79 bits per heavy atom. The molecular weight excluding hydrogens is 406 g/mol. The maximum absolute atomic E-state index is 12.5. The van der Waals surface area contributed by atoms with Crippen molar-refractivity contribution in [1.82, 2.24) is 9.97 Å².